The summed E-state index contributed by atoms with van der Waals surface area (Å²) in [7, 11) is 0. The zero-order valence-electron chi connectivity index (χ0n) is 14.5. The van der Waals surface area contributed by atoms with Crippen LogP contribution in [0.1, 0.15) is 41.0 Å². The van der Waals surface area contributed by atoms with Crippen molar-refractivity contribution < 1.29 is 9.90 Å². The van der Waals surface area contributed by atoms with Crippen LogP contribution in [0.15, 0.2) is 42.5 Å². The summed E-state index contributed by atoms with van der Waals surface area (Å²) >= 11 is 0. The fraction of sp³-hybridized carbons (Fsp3) is 0.381. The summed E-state index contributed by atoms with van der Waals surface area (Å²) in [5, 5.41) is 9.72. The summed E-state index contributed by atoms with van der Waals surface area (Å²) in [6.07, 6.45) is 3.05. The molecular formula is C21H25NO2. The SMILES string of the molecule is Cc1ccc(C)c(C(Cc2ccc(N3CCCC3)cc2)C(=O)O)c1. The van der Waals surface area contributed by atoms with E-state index in [0.717, 1.165) is 35.3 Å². The van der Waals surface area contributed by atoms with Crippen LogP contribution < -0.4 is 4.90 Å². The van der Waals surface area contributed by atoms with Crippen molar-refractivity contribution in [3.8, 4) is 0 Å². The van der Waals surface area contributed by atoms with Gasteiger partial charge in [0.2, 0.25) is 0 Å². The van der Waals surface area contributed by atoms with Gasteiger partial charge in [0, 0.05) is 18.8 Å². The predicted molar refractivity (Wildman–Crippen MR) is 97.9 cm³/mol. The number of carboxylic acid groups (broad SMARTS) is 1. The van der Waals surface area contributed by atoms with E-state index >= 15 is 0 Å². The first-order valence-electron chi connectivity index (χ1n) is 8.68. The number of hydrogen-bond donors (Lipinski definition) is 1. The molecule has 0 spiro atoms. The van der Waals surface area contributed by atoms with Gasteiger partial charge in [-0.1, -0.05) is 35.9 Å². The lowest BCUT2D eigenvalue weighted by molar-refractivity contribution is -0.138. The van der Waals surface area contributed by atoms with Gasteiger partial charge in [-0.15, -0.1) is 0 Å². The average molecular weight is 323 g/mol. The summed E-state index contributed by atoms with van der Waals surface area (Å²) in [4.78, 5) is 14.2. The molecule has 0 saturated carbocycles. The number of rotatable bonds is 5. The van der Waals surface area contributed by atoms with Gasteiger partial charge >= 0.3 is 5.97 Å². The molecule has 2 aromatic carbocycles. The first kappa shape index (κ1) is 16.6. The molecule has 0 amide bonds. The number of aliphatic carboxylic acids is 1. The molecule has 24 heavy (non-hydrogen) atoms. The molecule has 1 fully saturated rings. The largest absolute Gasteiger partial charge is 0.481 e. The Hall–Kier alpha value is -2.29. The summed E-state index contributed by atoms with van der Waals surface area (Å²) < 4.78 is 0. The van der Waals surface area contributed by atoms with Crippen molar-refractivity contribution in [1.29, 1.82) is 0 Å². The smallest absolute Gasteiger partial charge is 0.311 e. The highest BCUT2D eigenvalue weighted by Crippen LogP contribution is 2.27. The van der Waals surface area contributed by atoms with Crippen LogP contribution >= 0.6 is 0 Å². The first-order chi connectivity index (χ1) is 11.5. The molecule has 1 aliphatic rings. The van der Waals surface area contributed by atoms with Gasteiger partial charge < -0.3 is 10.0 Å². The predicted octanol–water partition coefficient (Wildman–Crippen LogP) is 4.31. The molecular weight excluding hydrogens is 298 g/mol. The van der Waals surface area contributed by atoms with E-state index in [9.17, 15) is 9.90 Å². The minimum absolute atomic E-state index is 0.498. The van der Waals surface area contributed by atoms with Crippen LogP contribution in [-0.4, -0.2) is 24.2 Å². The van der Waals surface area contributed by atoms with E-state index in [1.54, 1.807) is 0 Å². The Balaban J connectivity index is 1.80. The maximum Gasteiger partial charge on any atom is 0.311 e. The molecule has 1 unspecified atom stereocenters. The third-order valence-electron chi connectivity index (χ3n) is 4.96. The lowest BCUT2D eigenvalue weighted by atomic mass is 9.88. The second-order valence-electron chi connectivity index (χ2n) is 6.82. The Morgan fingerprint density at radius 3 is 2.38 bits per heavy atom. The van der Waals surface area contributed by atoms with Crippen LogP contribution in [0.25, 0.3) is 0 Å². The molecule has 1 heterocycles. The van der Waals surface area contributed by atoms with Crippen LogP contribution in [0.3, 0.4) is 0 Å². The number of hydrogen-bond acceptors (Lipinski definition) is 2. The molecule has 1 N–H and O–H groups in total. The van der Waals surface area contributed by atoms with Gasteiger partial charge in [0.25, 0.3) is 0 Å². The number of benzene rings is 2. The number of carbonyl (C=O) groups is 1. The number of anilines is 1. The lowest BCUT2D eigenvalue weighted by Crippen LogP contribution is -2.18. The van der Waals surface area contributed by atoms with Gasteiger partial charge in [-0.2, -0.15) is 0 Å². The molecule has 1 saturated heterocycles. The minimum Gasteiger partial charge on any atom is -0.481 e. The Kier molecular flexibility index (Phi) is 4.89. The van der Waals surface area contributed by atoms with E-state index in [4.69, 9.17) is 0 Å². The Morgan fingerprint density at radius 2 is 1.75 bits per heavy atom. The highest BCUT2D eigenvalue weighted by Gasteiger charge is 2.22. The zero-order chi connectivity index (χ0) is 17.1. The van der Waals surface area contributed by atoms with E-state index < -0.39 is 11.9 Å². The van der Waals surface area contributed by atoms with Gasteiger partial charge in [0.05, 0.1) is 5.92 Å². The number of aryl methyl sites for hydroxylation is 2. The van der Waals surface area contributed by atoms with Crippen molar-refractivity contribution in [3.05, 3.63) is 64.7 Å². The molecule has 3 heteroatoms. The molecule has 1 aliphatic heterocycles. The summed E-state index contributed by atoms with van der Waals surface area (Å²) in [5.74, 6) is -1.25. The van der Waals surface area contributed by atoms with Gasteiger partial charge in [-0.05, 0) is 61.9 Å². The van der Waals surface area contributed by atoms with Crippen LogP contribution in [0, 0.1) is 13.8 Å². The zero-order valence-corrected chi connectivity index (χ0v) is 14.5. The molecule has 1 atom stereocenters. The van der Waals surface area contributed by atoms with Gasteiger partial charge in [0.1, 0.15) is 0 Å². The lowest BCUT2D eigenvalue weighted by Gasteiger charge is -2.19. The third-order valence-corrected chi connectivity index (χ3v) is 4.96. The molecule has 0 aliphatic carbocycles. The van der Waals surface area contributed by atoms with Crippen molar-refractivity contribution in [1.82, 2.24) is 0 Å². The topological polar surface area (TPSA) is 40.5 Å². The van der Waals surface area contributed by atoms with Gasteiger partial charge in [-0.25, -0.2) is 0 Å². The van der Waals surface area contributed by atoms with E-state index in [2.05, 4.69) is 29.2 Å². The normalized spacial score (nSPS) is 15.5. The van der Waals surface area contributed by atoms with E-state index in [1.165, 1.54) is 18.5 Å². The maximum absolute atomic E-state index is 11.8. The molecule has 3 nitrogen and oxygen atoms in total. The summed E-state index contributed by atoms with van der Waals surface area (Å²) in [5.41, 5.74) is 5.39. The molecule has 0 radical (unpaired) electrons. The highest BCUT2D eigenvalue weighted by molar-refractivity contribution is 5.77. The third kappa shape index (κ3) is 3.61. The average Bonchev–Trinajstić information content (AvgIpc) is 3.10. The van der Waals surface area contributed by atoms with Crippen LogP contribution in [0.5, 0.6) is 0 Å². The Bertz CT molecular complexity index is 715. The molecule has 2 aromatic rings. The quantitative estimate of drug-likeness (QED) is 0.891. The standard InChI is InChI=1S/C21H25NO2/c1-15-5-6-16(2)19(13-15)20(21(23)24)14-17-7-9-18(10-8-17)22-11-3-4-12-22/h5-10,13,20H,3-4,11-12,14H2,1-2H3,(H,23,24). The van der Waals surface area contributed by atoms with Crippen molar-refractivity contribution in [2.75, 3.05) is 18.0 Å². The number of carboxylic acids is 1. The summed E-state index contributed by atoms with van der Waals surface area (Å²) in [6, 6.07) is 14.5. The first-order valence-corrected chi connectivity index (χ1v) is 8.68. The second-order valence-corrected chi connectivity index (χ2v) is 6.82. The van der Waals surface area contributed by atoms with E-state index in [1.807, 2.05) is 32.0 Å². The van der Waals surface area contributed by atoms with E-state index in [-0.39, 0.29) is 0 Å². The van der Waals surface area contributed by atoms with Crippen molar-refractivity contribution in [3.63, 3.8) is 0 Å². The molecule has 0 bridgehead atoms. The van der Waals surface area contributed by atoms with Crippen LogP contribution in [-0.2, 0) is 11.2 Å². The van der Waals surface area contributed by atoms with Crippen molar-refractivity contribution in [2.45, 2.75) is 39.0 Å². The monoisotopic (exact) mass is 323 g/mol. The molecule has 0 aromatic heterocycles. The van der Waals surface area contributed by atoms with Crippen molar-refractivity contribution >= 4 is 11.7 Å². The van der Waals surface area contributed by atoms with Gasteiger partial charge in [0.15, 0.2) is 0 Å². The molecule has 126 valence electrons. The Labute approximate surface area is 143 Å². The van der Waals surface area contributed by atoms with Crippen LogP contribution in [0.2, 0.25) is 0 Å². The Morgan fingerprint density at radius 1 is 1.08 bits per heavy atom. The minimum atomic E-state index is -0.757. The van der Waals surface area contributed by atoms with Gasteiger partial charge in [-0.3, -0.25) is 4.79 Å². The number of nitrogens with zero attached hydrogens (tertiary/aromatic N) is 1. The fourth-order valence-corrected chi connectivity index (χ4v) is 3.52. The highest BCUT2D eigenvalue weighted by atomic mass is 16.4. The van der Waals surface area contributed by atoms with Crippen molar-refractivity contribution in [2.24, 2.45) is 0 Å². The van der Waals surface area contributed by atoms with E-state index in [0.29, 0.717) is 6.42 Å². The second kappa shape index (κ2) is 7.08. The maximum atomic E-state index is 11.8. The molecule has 3 rings (SSSR count). The van der Waals surface area contributed by atoms with Crippen LogP contribution in [0.4, 0.5) is 5.69 Å². The summed E-state index contributed by atoms with van der Waals surface area (Å²) in [6.45, 7) is 6.24. The fourth-order valence-electron chi connectivity index (χ4n) is 3.52.